The summed E-state index contributed by atoms with van der Waals surface area (Å²) in [5.41, 5.74) is 6.87. The van der Waals surface area contributed by atoms with Gasteiger partial charge in [-0.3, -0.25) is 9.59 Å². The minimum Gasteiger partial charge on any atom is -0.492 e. The average molecular weight is 478 g/mol. The third kappa shape index (κ3) is 8.72. The smallest absolute Gasteiger partial charge is 0.243 e. The SMILES string of the molecule is CC(C)[C@H](NC(=O)[C@@H](C)C[C@H](O)C(N)COc1cc(F)cc(F)c1)C(=O)NCc1ccccc1. The van der Waals surface area contributed by atoms with Gasteiger partial charge in [-0.15, -0.1) is 0 Å². The Balaban J connectivity index is 1.84. The van der Waals surface area contributed by atoms with Crippen LogP contribution in [0.5, 0.6) is 5.75 Å². The van der Waals surface area contributed by atoms with Crippen LogP contribution in [-0.4, -0.2) is 41.7 Å². The van der Waals surface area contributed by atoms with Gasteiger partial charge in [-0.25, -0.2) is 8.78 Å². The zero-order valence-electron chi connectivity index (χ0n) is 19.6. The van der Waals surface area contributed by atoms with Crippen LogP contribution in [-0.2, 0) is 16.1 Å². The third-order valence-corrected chi connectivity index (χ3v) is 5.37. The van der Waals surface area contributed by atoms with E-state index in [0.717, 1.165) is 17.7 Å². The molecule has 7 nitrogen and oxygen atoms in total. The molecule has 0 saturated carbocycles. The van der Waals surface area contributed by atoms with E-state index in [2.05, 4.69) is 10.6 Å². The van der Waals surface area contributed by atoms with E-state index in [1.807, 2.05) is 44.2 Å². The molecule has 9 heteroatoms. The Hall–Kier alpha value is -3.04. The molecule has 0 aliphatic carbocycles. The van der Waals surface area contributed by atoms with Crippen LogP contribution < -0.4 is 21.1 Å². The number of rotatable bonds is 12. The van der Waals surface area contributed by atoms with E-state index in [0.29, 0.717) is 12.6 Å². The second-order valence-corrected chi connectivity index (χ2v) is 8.72. The lowest BCUT2D eigenvalue weighted by molar-refractivity contribution is -0.132. The van der Waals surface area contributed by atoms with Crippen molar-refractivity contribution >= 4 is 11.8 Å². The van der Waals surface area contributed by atoms with Gasteiger partial charge in [0.05, 0.1) is 12.1 Å². The van der Waals surface area contributed by atoms with Crippen molar-refractivity contribution in [3.63, 3.8) is 0 Å². The van der Waals surface area contributed by atoms with Gasteiger partial charge in [-0.1, -0.05) is 51.1 Å². The minimum absolute atomic E-state index is 0.0182. The van der Waals surface area contributed by atoms with Gasteiger partial charge in [0, 0.05) is 30.7 Å². The maximum Gasteiger partial charge on any atom is 0.243 e. The highest BCUT2D eigenvalue weighted by Gasteiger charge is 2.28. The zero-order valence-corrected chi connectivity index (χ0v) is 19.6. The molecule has 0 aromatic heterocycles. The molecule has 0 aliphatic heterocycles. The number of hydrogen-bond acceptors (Lipinski definition) is 5. The predicted molar refractivity (Wildman–Crippen MR) is 125 cm³/mol. The van der Waals surface area contributed by atoms with Crippen LogP contribution in [0.25, 0.3) is 0 Å². The number of carbonyl (C=O) groups is 2. The van der Waals surface area contributed by atoms with Crippen LogP contribution in [0.4, 0.5) is 8.78 Å². The number of aliphatic hydroxyl groups excluding tert-OH is 1. The predicted octanol–water partition coefficient (Wildman–Crippen LogP) is 2.52. The van der Waals surface area contributed by atoms with Gasteiger partial charge in [0.2, 0.25) is 11.8 Å². The number of carbonyl (C=O) groups excluding carboxylic acids is 2. The molecule has 0 spiro atoms. The summed E-state index contributed by atoms with van der Waals surface area (Å²) in [5.74, 6) is -3.12. The standard InChI is InChI=1S/C25H33F2N3O4/c1-15(2)23(25(33)29-13-17-7-5-4-6-8-17)30-24(32)16(3)9-22(31)21(28)14-34-20-11-18(26)10-19(27)12-20/h4-8,10-12,15-16,21-23,31H,9,13-14,28H2,1-3H3,(H,29,33)(H,30,32)/t16-,21?,22-,23-/m0/s1. The lowest BCUT2D eigenvalue weighted by Crippen LogP contribution is -2.51. The first-order valence-electron chi connectivity index (χ1n) is 11.2. The highest BCUT2D eigenvalue weighted by molar-refractivity contribution is 5.88. The number of halogens is 2. The number of aliphatic hydroxyl groups is 1. The maximum atomic E-state index is 13.3. The van der Waals surface area contributed by atoms with E-state index < -0.39 is 41.6 Å². The Morgan fingerprint density at radius 2 is 1.65 bits per heavy atom. The summed E-state index contributed by atoms with van der Waals surface area (Å²) in [6, 6.07) is 10.5. The molecule has 2 aromatic rings. The van der Waals surface area contributed by atoms with Crippen molar-refractivity contribution in [1.29, 1.82) is 0 Å². The Bertz CT molecular complexity index is 923. The van der Waals surface area contributed by atoms with Crippen LogP contribution in [0.2, 0.25) is 0 Å². The first kappa shape index (κ1) is 27.2. The van der Waals surface area contributed by atoms with Crippen LogP contribution in [0.15, 0.2) is 48.5 Å². The molecular weight excluding hydrogens is 444 g/mol. The molecule has 0 radical (unpaired) electrons. The van der Waals surface area contributed by atoms with E-state index in [9.17, 15) is 23.5 Å². The number of nitrogens with two attached hydrogens (primary N) is 1. The Morgan fingerprint density at radius 3 is 2.24 bits per heavy atom. The summed E-state index contributed by atoms with van der Waals surface area (Å²) in [5, 5.41) is 16.0. The van der Waals surface area contributed by atoms with Crippen molar-refractivity contribution in [2.24, 2.45) is 17.6 Å². The van der Waals surface area contributed by atoms with E-state index >= 15 is 0 Å². The summed E-state index contributed by atoms with van der Waals surface area (Å²) in [4.78, 5) is 25.3. The molecule has 1 unspecified atom stereocenters. The average Bonchev–Trinajstić information content (AvgIpc) is 2.78. The quantitative estimate of drug-likeness (QED) is 0.375. The fourth-order valence-corrected chi connectivity index (χ4v) is 3.28. The molecular formula is C25H33F2N3O4. The first-order chi connectivity index (χ1) is 16.1. The van der Waals surface area contributed by atoms with Gasteiger partial charge in [-0.2, -0.15) is 0 Å². The van der Waals surface area contributed by atoms with Crippen LogP contribution in [0.1, 0.15) is 32.8 Å². The topological polar surface area (TPSA) is 114 Å². The molecule has 0 heterocycles. The molecule has 34 heavy (non-hydrogen) atoms. The molecule has 5 N–H and O–H groups in total. The lowest BCUT2D eigenvalue weighted by Gasteiger charge is -2.25. The number of hydrogen-bond donors (Lipinski definition) is 4. The Morgan fingerprint density at radius 1 is 1.03 bits per heavy atom. The number of nitrogens with one attached hydrogen (secondary N) is 2. The van der Waals surface area contributed by atoms with Gasteiger partial charge < -0.3 is 26.2 Å². The van der Waals surface area contributed by atoms with Gasteiger partial charge in [0.15, 0.2) is 0 Å². The second kappa shape index (κ2) is 13.0. The van der Waals surface area contributed by atoms with E-state index in [4.69, 9.17) is 10.5 Å². The van der Waals surface area contributed by atoms with E-state index in [1.165, 1.54) is 0 Å². The fourth-order valence-electron chi connectivity index (χ4n) is 3.28. The number of amides is 2. The van der Waals surface area contributed by atoms with E-state index in [1.54, 1.807) is 6.92 Å². The normalized spacial score (nSPS) is 14.7. The molecule has 0 aliphatic rings. The van der Waals surface area contributed by atoms with Crippen LogP contribution in [0, 0.1) is 23.5 Å². The summed E-state index contributed by atoms with van der Waals surface area (Å²) < 4.78 is 31.8. The highest BCUT2D eigenvalue weighted by Crippen LogP contribution is 2.17. The number of benzene rings is 2. The lowest BCUT2D eigenvalue weighted by atomic mass is 9.96. The van der Waals surface area contributed by atoms with Crippen molar-refractivity contribution in [3.8, 4) is 5.75 Å². The van der Waals surface area contributed by atoms with Crippen molar-refractivity contribution in [1.82, 2.24) is 10.6 Å². The number of ether oxygens (including phenoxy) is 1. The summed E-state index contributed by atoms with van der Waals surface area (Å²) in [7, 11) is 0. The van der Waals surface area contributed by atoms with Crippen LogP contribution in [0.3, 0.4) is 0 Å². The second-order valence-electron chi connectivity index (χ2n) is 8.72. The van der Waals surface area contributed by atoms with Gasteiger partial charge >= 0.3 is 0 Å². The van der Waals surface area contributed by atoms with Crippen molar-refractivity contribution < 1.29 is 28.2 Å². The molecule has 2 rings (SSSR count). The summed E-state index contributed by atoms with van der Waals surface area (Å²) in [6.07, 6.45) is -1.09. The molecule has 4 atom stereocenters. The minimum atomic E-state index is -1.11. The summed E-state index contributed by atoms with van der Waals surface area (Å²) in [6.45, 7) is 5.42. The van der Waals surface area contributed by atoms with Crippen molar-refractivity contribution in [2.45, 2.75) is 51.9 Å². The third-order valence-electron chi connectivity index (χ3n) is 5.37. The van der Waals surface area contributed by atoms with Crippen LogP contribution >= 0.6 is 0 Å². The Labute approximate surface area is 198 Å². The molecule has 0 fully saturated rings. The van der Waals surface area contributed by atoms with Gasteiger partial charge in [0.25, 0.3) is 0 Å². The largest absolute Gasteiger partial charge is 0.492 e. The molecule has 0 saturated heterocycles. The first-order valence-corrected chi connectivity index (χ1v) is 11.2. The van der Waals surface area contributed by atoms with E-state index in [-0.39, 0.29) is 30.6 Å². The maximum absolute atomic E-state index is 13.3. The molecule has 2 aromatic carbocycles. The van der Waals surface area contributed by atoms with Gasteiger partial charge in [-0.05, 0) is 17.9 Å². The monoisotopic (exact) mass is 477 g/mol. The molecule has 2 amide bonds. The van der Waals surface area contributed by atoms with Gasteiger partial charge in [0.1, 0.15) is 30.0 Å². The summed E-state index contributed by atoms with van der Waals surface area (Å²) >= 11 is 0. The molecule has 0 bridgehead atoms. The zero-order chi connectivity index (χ0) is 25.3. The highest BCUT2D eigenvalue weighted by atomic mass is 19.1. The van der Waals surface area contributed by atoms with Crippen molar-refractivity contribution in [3.05, 3.63) is 65.7 Å². The fraction of sp³-hybridized carbons (Fsp3) is 0.440. The molecule has 186 valence electrons. The van der Waals surface area contributed by atoms with Crippen molar-refractivity contribution in [2.75, 3.05) is 6.61 Å². The Kier molecular flexibility index (Phi) is 10.4.